The minimum atomic E-state index is -0.325. The van der Waals surface area contributed by atoms with Crippen molar-refractivity contribution in [2.75, 3.05) is 0 Å². The van der Waals surface area contributed by atoms with E-state index in [9.17, 15) is 4.79 Å². The molecule has 1 aliphatic rings. The molecule has 0 aliphatic heterocycles. The number of fused-ring (bicyclic) bond motifs is 1. The van der Waals surface area contributed by atoms with Crippen LogP contribution in [-0.4, -0.2) is 5.24 Å². The lowest BCUT2D eigenvalue weighted by Crippen LogP contribution is -2.28. The van der Waals surface area contributed by atoms with Crippen molar-refractivity contribution in [3.05, 3.63) is 35.4 Å². The van der Waals surface area contributed by atoms with Gasteiger partial charge in [0, 0.05) is 0 Å². The van der Waals surface area contributed by atoms with Crippen LogP contribution in [0.2, 0.25) is 0 Å². The van der Waals surface area contributed by atoms with Crippen LogP contribution in [0.25, 0.3) is 0 Å². The summed E-state index contributed by atoms with van der Waals surface area (Å²) in [7, 11) is 0. The molecule has 0 saturated carbocycles. The number of halogens is 1. The molecule has 116 valence electrons. The molecule has 0 heterocycles. The quantitative estimate of drug-likeness (QED) is 0.424. The Kier molecular flexibility index (Phi) is 6.29. The van der Waals surface area contributed by atoms with Crippen molar-refractivity contribution in [3.8, 4) is 0 Å². The molecule has 2 rings (SSSR count). The lowest BCUT2D eigenvalue weighted by atomic mass is 9.81. The molecule has 0 fully saturated rings. The molecule has 1 aromatic rings. The van der Waals surface area contributed by atoms with Crippen LogP contribution in [0, 0.1) is 5.41 Å². The first kappa shape index (κ1) is 16.5. The second-order valence-corrected chi connectivity index (χ2v) is 6.89. The fourth-order valence-corrected chi connectivity index (χ4v) is 3.76. The van der Waals surface area contributed by atoms with Crippen molar-refractivity contribution in [1.29, 1.82) is 0 Å². The molecular formula is C19H27ClO. The van der Waals surface area contributed by atoms with Crippen LogP contribution >= 0.6 is 11.6 Å². The number of carbonyl (C=O) groups excluding carboxylic acids is 1. The van der Waals surface area contributed by atoms with Crippen LogP contribution in [0.3, 0.4) is 0 Å². The molecule has 0 amide bonds. The first-order chi connectivity index (χ1) is 10.2. The number of hydrogen-bond donors (Lipinski definition) is 0. The molecule has 1 nitrogen and oxygen atoms in total. The van der Waals surface area contributed by atoms with Gasteiger partial charge in [0.05, 0.1) is 5.41 Å². The molecule has 0 bridgehead atoms. The van der Waals surface area contributed by atoms with Gasteiger partial charge < -0.3 is 0 Å². The van der Waals surface area contributed by atoms with Crippen molar-refractivity contribution in [2.45, 2.75) is 71.1 Å². The topological polar surface area (TPSA) is 17.1 Å². The molecule has 0 N–H and O–H groups in total. The third kappa shape index (κ3) is 4.32. The number of hydrogen-bond acceptors (Lipinski definition) is 1. The van der Waals surface area contributed by atoms with Crippen LogP contribution in [0.5, 0.6) is 0 Å². The summed E-state index contributed by atoms with van der Waals surface area (Å²) in [5.74, 6) is 0. The maximum absolute atomic E-state index is 12.0. The van der Waals surface area contributed by atoms with Crippen LogP contribution in [0.1, 0.15) is 69.4 Å². The first-order valence-electron chi connectivity index (χ1n) is 8.45. The molecule has 0 unspecified atom stereocenters. The zero-order valence-corrected chi connectivity index (χ0v) is 13.9. The minimum absolute atomic E-state index is 0.135. The summed E-state index contributed by atoms with van der Waals surface area (Å²) < 4.78 is 0. The minimum Gasteiger partial charge on any atom is -0.281 e. The number of carbonyl (C=O) groups is 1. The van der Waals surface area contributed by atoms with E-state index in [0.717, 1.165) is 25.7 Å². The molecular weight excluding hydrogens is 280 g/mol. The normalized spacial score (nSPS) is 15.9. The van der Waals surface area contributed by atoms with E-state index in [1.165, 1.54) is 49.7 Å². The summed E-state index contributed by atoms with van der Waals surface area (Å²) in [4.78, 5) is 12.0. The van der Waals surface area contributed by atoms with Gasteiger partial charge in [-0.05, 0) is 42.0 Å². The lowest BCUT2D eigenvalue weighted by Gasteiger charge is -2.24. The van der Waals surface area contributed by atoms with E-state index >= 15 is 0 Å². The van der Waals surface area contributed by atoms with E-state index in [2.05, 4.69) is 31.2 Å². The van der Waals surface area contributed by atoms with Crippen LogP contribution in [-0.2, 0) is 17.6 Å². The summed E-state index contributed by atoms with van der Waals surface area (Å²) in [5, 5.41) is -0.135. The van der Waals surface area contributed by atoms with Gasteiger partial charge in [-0.1, -0.05) is 76.1 Å². The number of benzene rings is 1. The molecule has 0 atom stereocenters. The van der Waals surface area contributed by atoms with Crippen molar-refractivity contribution < 1.29 is 4.79 Å². The van der Waals surface area contributed by atoms with E-state index < -0.39 is 0 Å². The Labute approximate surface area is 134 Å². The van der Waals surface area contributed by atoms with Crippen LogP contribution in [0.15, 0.2) is 24.3 Å². The summed E-state index contributed by atoms with van der Waals surface area (Å²) >= 11 is 5.97. The predicted octanol–water partition coefficient (Wildman–Crippen LogP) is 5.68. The monoisotopic (exact) mass is 306 g/mol. The average molecular weight is 307 g/mol. The van der Waals surface area contributed by atoms with E-state index in [0.29, 0.717) is 0 Å². The summed E-state index contributed by atoms with van der Waals surface area (Å²) in [6, 6.07) is 8.39. The zero-order valence-electron chi connectivity index (χ0n) is 13.2. The highest BCUT2D eigenvalue weighted by atomic mass is 35.5. The zero-order chi connectivity index (χ0) is 15.1. The Bertz CT molecular complexity index is 441. The van der Waals surface area contributed by atoms with Gasteiger partial charge in [0.1, 0.15) is 0 Å². The van der Waals surface area contributed by atoms with Gasteiger partial charge in [0.25, 0.3) is 0 Å². The molecule has 0 radical (unpaired) electrons. The largest absolute Gasteiger partial charge is 0.281 e. The van der Waals surface area contributed by atoms with Crippen molar-refractivity contribution in [3.63, 3.8) is 0 Å². The van der Waals surface area contributed by atoms with E-state index in [1.54, 1.807) is 0 Å². The van der Waals surface area contributed by atoms with Crippen LogP contribution in [0.4, 0.5) is 0 Å². The third-order valence-corrected chi connectivity index (χ3v) is 5.25. The molecule has 2 heteroatoms. The lowest BCUT2D eigenvalue weighted by molar-refractivity contribution is -0.120. The van der Waals surface area contributed by atoms with Gasteiger partial charge in [-0.2, -0.15) is 0 Å². The van der Waals surface area contributed by atoms with Crippen LogP contribution < -0.4 is 0 Å². The Morgan fingerprint density at radius 3 is 2.05 bits per heavy atom. The summed E-state index contributed by atoms with van der Waals surface area (Å²) in [5.41, 5.74) is 2.30. The second kappa shape index (κ2) is 7.98. The van der Waals surface area contributed by atoms with Crippen molar-refractivity contribution >= 4 is 16.8 Å². The Morgan fingerprint density at radius 2 is 1.52 bits per heavy atom. The summed E-state index contributed by atoms with van der Waals surface area (Å²) in [6.07, 6.45) is 11.6. The van der Waals surface area contributed by atoms with E-state index in [-0.39, 0.29) is 10.7 Å². The van der Waals surface area contributed by atoms with Gasteiger partial charge in [-0.15, -0.1) is 0 Å². The SMILES string of the molecule is CCCCCCCCCC1(C(=O)Cl)Cc2ccccc2C1. The van der Waals surface area contributed by atoms with E-state index in [4.69, 9.17) is 11.6 Å². The fraction of sp³-hybridized carbons (Fsp3) is 0.632. The fourth-order valence-electron chi connectivity index (χ4n) is 3.53. The molecule has 21 heavy (non-hydrogen) atoms. The molecule has 0 spiro atoms. The highest BCUT2D eigenvalue weighted by Gasteiger charge is 2.41. The van der Waals surface area contributed by atoms with Gasteiger partial charge in [0.15, 0.2) is 0 Å². The number of unbranched alkanes of at least 4 members (excludes halogenated alkanes) is 6. The van der Waals surface area contributed by atoms with Gasteiger partial charge in [-0.3, -0.25) is 4.79 Å². The number of rotatable bonds is 9. The maximum atomic E-state index is 12.0. The second-order valence-electron chi connectivity index (χ2n) is 6.55. The molecule has 0 saturated heterocycles. The maximum Gasteiger partial charge on any atom is 0.228 e. The van der Waals surface area contributed by atoms with Crippen molar-refractivity contribution in [1.82, 2.24) is 0 Å². The predicted molar refractivity (Wildman–Crippen MR) is 89.8 cm³/mol. The Balaban J connectivity index is 1.81. The highest BCUT2D eigenvalue weighted by Crippen LogP contribution is 2.42. The van der Waals surface area contributed by atoms with E-state index in [1.807, 2.05) is 0 Å². The van der Waals surface area contributed by atoms with Gasteiger partial charge >= 0.3 is 0 Å². The van der Waals surface area contributed by atoms with Gasteiger partial charge in [0.2, 0.25) is 5.24 Å². The third-order valence-electron chi connectivity index (χ3n) is 4.85. The molecule has 1 aromatic carbocycles. The average Bonchev–Trinajstić information content (AvgIpc) is 2.86. The smallest absolute Gasteiger partial charge is 0.228 e. The van der Waals surface area contributed by atoms with Crippen molar-refractivity contribution in [2.24, 2.45) is 5.41 Å². The standard InChI is InChI=1S/C19H27ClO/c1-2-3-4-5-6-7-10-13-19(18(20)21)14-16-11-8-9-12-17(16)15-19/h8-9,11-12H,2-7,10,13-15H2,1H3. The summed E-state index contributed by atoms with van der Waals surface area (Å²) in [6.45, 7) is 2.24. The van der Waals surface area contributed by atoms with Gasteiger partial charge in [-0.25, -0.2) is 0 Å². The molecule has 0 aromatic heterocycles. The highest BCUT2D eigenvalue weighted by molar-refractivity contribution is 6.64. The Morgan fingerprint density at radius 1 is 1.00 bits per heavy atom. The first-order valence-corrected chi connectivity index (χ1v) is 8.82. The molecule has 1 aliphatic carbocycles. The Hall–Kier alpha value is -0.820.